The molecular formula is C16H14N4OS. The Hall–Kier alpha value is -2.65. The Morgan fingerprint density at radius 3 is 2.73 bits per heavy atom. The second kappa shape index (κ2) is 6.00. The quantitative estimate of drug-likeness (QED) is 0.830. The summed E-state index contributed by atoms with van der Waals surface area (Å²) in [5.41, 5.74) is 8.00. The van der Waals surface area contributed by atoms with E-state index in [0.717, 1.165) is 16.4 Å². The number of rotatable bonds is 5. The van der Waals surface area contributed by atoms with Crippen molar-refractivity contribution in [1.82, 2.24) is 4.98 Å². The lowest BCUT2D eigenvalue weighted by Gasteiger charge is -2.02. The van der Waals surface area contributed by atoms with E-state index in [4.69, 9.17) is 5.73 Å². The molecule has 22 heavy (non-hydrogen) atoms. The first-order valence-electron chi connectivity index (χ1n) is 6.90. The van der Waals surface area contributed by atoms with Crippen LogP contribution in [0.1, 0.15) is 39.8 Å². The normalized spacial score (nSPS) is 14.4. The van der Waals surface area contributed by atoms with Crippen molar-refractivity contribution in [1.29, 1.82) is 5.26 Å². The molecule has 3 N–H and O–H groups in total. The van der Waals surface area contributed by atoms with Crippen LogP contribution >= 0.6 is 11.3 Å². The summed E-state index contributed by atoms with van der Waals surface area (Å²) in [6.07, 6.45) is 4.02. The van der Waals surface area contributed by atoms with Crippen molar-refractivity contribution >= 4 is 28.5 Å². The average molecular weight is 310 g/mol. The van der Waals surface area contributed by atoms with Gasteiger partial charge in [0.25, 0.3) is 0 Å². The molecule has 1 aromatic heterocycles. The smallest absolute Gasteiger partial charge is 0.248 e. The third kappa shape index (κ3) is 3.15. The maximum absolute atomic E-state index is 11.0. The number of benzene rings is 1. The number of hydrogen-bond donors (Lipinski definition) is 2. The maximum Gasteiger partial charge on any atom is 0.248 e. The molecule has 1 fully saturated rings. The van der Waals surface area contributed by atoms with E-state index >= 15 is 0 Å². The molecule has 1 amide bonds. The molecule has 0 saturated heterocycles. The molecule has 1 aliphatic rings. The van der Waals surface area contributed by atoms with E-state index in [0.29, 0.717) is 17.1 Å². The number of nitrogens with two attached hydrogens (primary N) is 1. The molecule has 1 saturated carbocycles. The zero-order chi connectivity index (χ0) is 15.5. The highest BCUT2D eigenvalue weighted by atomic mass is 32.1. The SMILES string of the molecule is N#C/C(=C\Nc1ccc(C(N)=O)cc1)c1nc(C2CC2)cs1. The summed E-state index contributed by atoms with van der Waals surface area (Å²) < 4.78 is 0. The second-order valence-electron chi connectivity index (χ2n) is 5.11. The number of carbonyl (C=O) groups excluding carboxylic acids is 1. The van der Waals surface area contributed by atoms with Gasteiger partial charge in [-0.15, -0.1) is 11.3 Å². The van der Waals surface area contributed by atoms with Crippen molar-refractivity contribution in [3.63, 3.8) is 0 Å². The van der Waals surface area contributed by atoms with Gasteiger partial charge in [0.2, 0.25) is 5.91 Å². The first-order valence-corrected chi connectivity index (χ1v) is 7.78. The summed E-state index contributed by atoms with van der Waals surface area (Å²) in [6.45, 7) is 0. The minimum absolute atomic E-state index is 0.448. The fourth-order valence-corrected chi connectivity index (χ4v) is 2.87. The summed E-state index contributed by atoms with van der Waals surface area (Å²) in [5.74, 6) is 0.120. The Bertz CT molecular complexity index is 766. The van der Waals surface area contributed by atoms with Crippen molar-refractivity contribution in [3.05, 3.63) is 52.1 Å². The Morgan fingerprint density at radius 2 is 2.14 bits per heavy atom. The topological polar surface area (TPSA) is 91.8 Å². The summed E-state index contributed by atoms with van der Waals surface area (Å²) >= 11 is 1.49. The Kier molecular flexibility index (Phi) is 3.90. The first kappa shape index (κ1) is 14.3. The van der Waals surface area contributed by atoms with Crippen molar-refractivity contribution in [2.24, 2.45) is 5.73 Å². The zero-order valence-electron chi connectivity index (χ0n) is 11.7. The number of nitrogens with zero attached hydrogens (tertiary/aromatic N) is 2. The second-order valence-corrected chi connectivity index (χ2v) is 5.97. The number of primary amides is 1. The molecule has 0 aliphatic heterocycles. The molecule has 2 aromatic rings. The van der Waals surface area contributed by atoms with Crippen molar-refractivity contribution in [2.45, 2.75) is 18.8 Å². The number of anilines is 1. The average Bonchev–Trinajstić information content (AvgIpc) is 3.27. The largest absolute Gasteiger partial charge is 0.366 e. The zero-order valence-corrected chi connectivity index (χ0v) is 12.6. The molecule has 1 heterocycles. The lowest BCUT2D eigenvalue weighted by atomic mass is 10.2. The Balaban J connectivity index is 1.73. The molecule has 0 atom stereocenters. The highest BCUT2D eigenvalue weighted by molar-refractivity contribution is 7.10. The Morgan fingerprint density at radius 1 is 1.41 bits per heavy atom. The third-order valence-corrected chi connectivity index (χ3v) is 4.31. The minimum Gasteiger partial charge on any atom is -0.366 e. The maximum atomic E-state index is 11.0. The van der Waals surface area contributed by atoms with Crippen LogP contribution in [0.25, 0.3) is 5.57 Å². The van der Waals surface area contributed by atoms with Gasteiger partial charge in [-0.1, -0.05) is 0 Å². The fraction of sp³-hybridized carbons (Fsp3) is 0.188. The van der Waals surface area contributed by atoms with Gasteiger partial charge < -0.3 is 11.1 Å². The monoisotopic (exact) mass is 310 g/mol. The summed E-state index contributed by atoms with van der Waals surface area (Å²) in [4.78, 5) is 15.5. The van der Waals surface area contributed by atoms with Crippen LogP contribution < -0.4 is 11.1 Å². The van der Waals surface area contributed by atoms with Crippen LogP contribution in [0.4, 0.5) is 5.69 Å². The molecule has 0 spiro atoms. The summed E-state index contributed by atoms with van der Waals surface area (Å²) in [5, 5.41) is 15.1. The van der Waals surface area contributed by atoms with Crippen LogP contribution in [0, 0.1) is 11.3 Å². The van der Waals surface area contributed by atoms with Crippen LogP contribution in [-0.2, 0) is 0 Å². The standard InChI is InChI=1S/C16H14N4OS/c17-7-12(16-20-14(9-22-16)10-1-2-10)8-19-13-5-3-11(4-6-13)15(18)21/h3-6,8-10,19H,1-2H2,(H2,18,21)/b12-8+. The van der Waals surface area contributed by atoms with Crippen LogP contribution in [0.15, 0.2) is 35.8 Å². The summed E-state index contributed by atoms with van der Waals surface area (Å²) in [6, 6.07) is 8.92. The molecule has 110 valence electrons. The molecule has 0 bridgehead atoms. The number of carbonyl (C=O) groups is 1. The highest BCUT2D eigenvalue weighted by Crippen LogP contribution is 2.40. The summed E-state index contributed by atoms with van der Waals surface area (Å²) in [7, 11) is 0. The van der Waals surface area contributed by atoms with Crippen LogP contribution in [0.5, 0.6) is 0 Å². The Labute approximate surface area is 132 Å². The van der Waals surface area contributed by atoms with Gasteiger partial charge in [0.15, 0.2) is 0 Å². The van der Waals surface area contributed by atoms with Gasteiger partial charge in [0, 0.05) is 28.7 Å². The molecule has 1 aromatic carbocycles. The molecule has 0 radical (unpaired) electrons. The number of nitrogens with one attached hydrogen (secondary N) is 1. The van der Waals surface area contributed by atoms with E-state index < -0.39 is 5.91 Å². The van der Waals surface area contributed by atoms with Crippen molar-refractivity contribution in [3.8, 4) is 6.07 Å². The van der Waals surface area contributed by atoms with E-state index in [9.17, 15) is 10.1 Å². The van der Waals surface area contributed by atoms with Crippen LogP contribution in [-0.4, -0.2) is 10.9 Å². The molecule has 0 unspecified atom stereocenters. The van der Waals surface area contributed by atoms with Gasteiger partial charge in [0.1, 0.15) is 16.6 Å². The number of amides is 1. The van der Waals surface area contributed by atoms with Crippen LogP contribution in [0.3, 0.4) is 0 Å². The van der Waals surface area contributed by atoms with Gasteiger partial charge in [-0.05, 0) is 37.1 Å². The van der Waals surface area contributed by atoms with E-state index in [-0.39, 0.29) is 0 Å². The van der Waals surface area contributed by atoms with Gasteiger partial charge in [0.05, 0.1) is 5.69 Å². The van der Waals surface area contributed by atoms with Gasteiger partial charge in [-0.2, -0.15) is 5.26 Å². The molecule has 3 rings (SSSR count). The van der Waals surface area contributed by atoms with E-state index in [1.165, 1.54) is 24.2 Å². The van der Waals surface area contributed by atoms with Crippen molar-refractivity contribution in [2.75, 3.05) is 5.32 Å². The molecular weight excluding hydrogens is 296 g/mol. The molecule has 6 heteroatoms. The van der Waals surface area contributed by atoms with Gasteiger partial charge in [-0.3, -0.25) is 4.79 Å². The van der Waals surface area contributed by atoms with E-state index in [2.05, 4.69) is 16.4 Å². The fourth-order valence-electron chi connectivity index (χ4n) is 2.00. The number of hydrogen-bond acceptors (Lipinski definition) is 5. The molecule has 1 aliphatic carbocycles. The van der Waals surface area contributed by atoms with Gasteiger partial charge in [-0.25, -0.2) is 4.98 Å². The predicted octanol–water partition coefficient (Wildman–Crippen LogP) is 3.10. The molecule has 5 nitrogen and oxygen atoms in total. The number of thiazole rings is 1. The lowest BCUT2D eigenvalue weighted by molar-refractivity contribution is 0.100. The highest BCUT2D eigenvalue weighted by Gasteiger charge is 2.26. The lowest BCUT2D eigenvalue weighted by Crippen LogP contribution is -2.10. The first-order chi connectivity index (χ1) is 10.7. The third-order valence-electron chi connectivity index (χ3n) is 3.42. The predicted molar refractivity (Wildman–Crippen MR) is 86.3 cm³/mol. The van der Waals surface area contributed by atoms with Crippen LogP contribution in [0.2, 0.25) is 0 Å². The number of aromatic nitrogens is 1. The minimum atomic E-state index is -0.463. The van der Waals surface area contributed by atoms with E-state index in [1.54, 1.807) is 30.5 Å². The number of nitriles is 1. The van der Waals surface area contributed by atoms with Crippen molar-refractivity contribution < 1.29 is 4.79 Å². The van der Waals surface area contributed by atoms with Gasteiger partial charge >= 0.3 is 0 Å². The van der Waals surface area contributed by atoms with E-state index in [1.807, 2.05) is 5.38 Å². The number of allylic oxidation sites excluding steroid dienone is 1.